The number of nitrogens with zero attached hydrogens (tertiary/aromatic N) is 1. The Morgan fingerprint density at radius 1 is 1.20 bits per heavy atom. The average Bonchev–Trinajstić information content (AvgIpc) is 2.49. The van der Waals surface area contributed by atoms with Crippen LogP contribution in [-0.4, -0.2) is 43.8 Å². The van der Waals surface area contributed by atoms with E-state index in [1.165, 1.54) is 11.1 Å². The topological polar surface area (TPSA) is 24.5 Å². The van der Waals surface area contributed by atoms with Gasteiger partial charge in [0, 0.05) is 19.6 Å². The molecule has 1 aromatic rings. The molecule has 1 heterocycles. The minimum Gasteiger partial charge on any atom is -0.376 e. The molecule has 112 valence electrons. The van der Waals surface area contributed by atoms with Crippen LogP contribution >= 0.6 is 0 Å². The lowest BCUT2D eigenvalue weighted by Crippen LogP contribution is -2.41. The van der Waals surface area contributed by atoms with Gasteiger partial charge in [-0.05, 0) is 37.1 Å². The molecule has 0 amide bonds. The van der Waals surface area contributed by atoms with Gasteiger partial charge in [0.05, 0.1) is 12.7 Å². The summed E-state index contributed by atoms with van der Waals surface area (Å²) in [5.41, 5.74) is 2.83. The molecule has 1 N–H and O–H groups in total. The monoisotopic (exact) mass is 276 g/mol. The maximum atomic E-state index is 5.72. The van der Waals surface area contributed by atoms with Crippen LogP contribution in [0.1, 0.15) is 31.4 Å². The predicted octanol–water partition coefficient (Wildman–Crippen LogP) is 2.45. The standard InChI is InChI=1S/C17H28N2O/c1-3-17-14-19(11-12-20-17)13-16-7-5-15(6-8-16)9-10-18-4-2/h5-8,17-18H,3-4,9-14H2,1-2H3. The number of morpholine rings is 1. The van der Waals surface area contributed by atoms with Gasteiger partial charge in [-0.1, -0.05) is 38.1 Å². The number of rotatable bonds is 7. The lowest BCUT2D eigenvalue weighted by atomic mass is 10.1. The van der Waals surface area contributed by atoms with E-state index in [9.17, 15) is 0 Å². The Labute approximate surface area is 123 Å². The number of benzene rings is 1. The summed E-state index contributed by atoms with van der Waals surface area (Å²) in [7, 11) is 0. The van der Waals surface area contributed by atoms with Crippen molar-refractivity contribution in [3.63, 3.8) is 0 Å². The third kappa shape index (κ3) is 4.89. The fourth-order valence-corrected chi connectivity index (χ4v) is 2.65. The second-order valence-corrected chi connectivity index (χ2v) is 5.56. The van der Waals surface area contributed by atoms with E-state index in [2.05, 4.69) is 48.3 Å². The van der Waals surface area contributed by atoms with Crippen molar-refractivity contribution in [3.05, 3.63) is 35.4 Å². The summed E-state index contributed by atoms with van der Waals surface area (Å²) >= 11 is 0. The first kappa shape index (κ1) is 15.5. The van der Waals surface area contributed by atoms with Crippen LogP contribution in [0.25, 0.3) is 0 Å². The van der Waals surface area contributed by atoms with Gasteiger partial charge in [-0.15, -0.1) is 0 Å². The molecule has 1 unspecified atom stereocenters. The van der Waals surface area contributed by atoms with Crippen molar-refractivity contribution in [2.75, 3.05) is 32.8 Å². The van der Waals surface area contributed by atoms with Gasteiger partial charge >= 0.3 is 0 Å². The van der Waals surface area contributed by atoms with Crippen molar-refractivity contribution in [1.29, 1.82) is 0 Å². The SMILES string of the molecule is CCNCCc1ccc(CN2CCOC(CC)C2)cc1. The van der Waals surface area contributed by atoms with Crippen LogP contribution in [0.3, 0.4) is 0 Å². The molecule has 1 atom stereocenters. The molecule has 0 spiro atoms. The van der Waals surface area contributed by atoms with Crippen molar-refractivity contribution in [1.82, 2.24) is 10.2 Å². The largest absolute Gasteiger partial charge is 0.376 e. The van der Waals surface area contributed by atoms with Crippen molar-refractivity contribution in [2.24, 2.45) is 0 Å². The zero-order chi connectivity index (χ0) is 14.2. The molecule has 20 heavy (non-hydrogen) atoms. The molecule has 0 bridgehead atoms. The summed E-state index contributed by atoms with van der Waals surface area (Å²) in [4.78, 5) is 2.51. The highest BCUT2D eigenvalue weighted by Crippen LogP contribution is 2.13. The third-order valence-electron chi connectivity index (χ3n) is 3.95. The lowest BCUT2D eigenvalue weighted by molar-refractivity contribution is -0.0324. The van der Waals surface area contributed by atoms with Crippen LogP contribution in [-0.2, 0) is 17.7 Å². The fraction of sp³-hybridized carbons (Fsp3) is 0.647. The van der Waals surface area contributed by atoms with Crippen LogP contribution in [0, 0.1) is 0 Å². The molecule has 3 heteroatoms. The highest BCUT2D eigenvalue weighted by Gasteiger charge is 2.18. The van der Waals surface area contributed by atoms with Crippen LogP contribution in [0.2, 0.25) is 0 Å². The Morgan fingerprint density at radius 3 is 2.65 bits per heavy atom. The van der Waals surface area contributed by atoms with Crippen molar-refractivity contribution < 1.29 is 4.74 Å². The number of nitrogens with one attached hydrogen (secondary N) is 1. The molecular formula is C17H28N2O. The van der Waals surface area contributed by atoms with Gasteiger partial charge < -0.3 is 10.1 Å². The van der Waals surface area contributed by atoms with Gasteiger partial charge in [-0.2, -0.15) is 0 Å². The number of hydrogen-bond acceptors (Lipinski definition) is 3. The number of ether oxygens (including phenoxy) is 1. The molecule has 1 aliphatic rings. The molecule has 1 aliphatic heterocycles. The van der Waals surface area contributed by atoms with Crippen molar-refractivity contribution in [2.45, 2.75) is 39.3 Å². The van der Waals surface area contributed by atoms with Gasteiger partial charge in [0.25, 0.3) is 0 Å². The average molecular weight is 276 g/mol. The molecule has 2 rings (SSSR count). The molecule has 0 radical (unpaired) electrons. The molecule has 0 aliphatic carbocycles. The Balaban J connectivity index is 1.80. The van der Waals surface area contributed by atoms with Crippen molar-refractivity contribution >= 4 is 0 Å². The minimum absolute atomic E-state index is 0.420. The highest BCUT2D eigenvalue weighted by atomic mass is 16.5. The maximum Gasteiger partial charge on any atom is 0.0700 e. The van der Waals surface area contributed by atoms with E-state index in [1.54, 1.807) is 0 Å². The Hall–Kier alpha value is -0.900. The van der Waals surface area contributed by atoms with Gasteiger partial charge in [0.1, 0.15) is 0 Å². The van der Waals surface area contributed by atoms with Gasteiger partial charge in [-0.25, -0.2) is 0 Å². The predicted molar refractivity (Wildman–Crippen MR) is 84.0 cm³/mol. The first-order valence-electron chi connectivity index (χ1n) is 7.94. The fourth-order valence-electron chi connectivity index (χ4n) is 2.65. The maximum absolute atomic E-state index is 5.72. The summed E-state index contributed by atoms with van der Waals surface area (Å²) in [5.74, 6) is 0. The summed E-state index contributed by atoms with van der Waals surface area (Å²) in [6.45, 7) is 10.5. The second-order valence-electron chi connectivity index (χ2n) is 5.56. The number of hydrogen-bond donors (Lipinski definition) is 1. The van der Waals surface area contributed by atoms with E-state index >= 15 is 0 Å². The van der Waals surface area contributed by atoms with Gasteiger partial charge in [0.15, 0.2) is 0 Å². The van der Waals surface area contributed by atoms with E-state index in [1.807, 2.05) is 0 Å². The summed E-state index contributed by atoms with van der Waals surface area (Å²) < 4.78 is 5.72. The van der Waals surface area contributed by atoms with Gasteiger partial charge in [0.2, 0.25) is 0 Å². The first-order valence-corrected chi connectivity index (χ1v) is 7.94. The third-order valence-corrected chi connectivity index (χ3v) is 3.95. The van der Waals surface area contributed by atoms with Crippen molar-refractivity contribution in [3.8, 4) is 0 Å². The molecule has 1 fully saturated rings. The Bertz CT molecular complexity index is 377. The van der Waals surface area contributed by atoms with Crippen LogP contribution < -0.4 is 5.32 Å². The minimum atomic E-state index is 0.420. The first-order chi connectivity index (χ1) is 9.81. The van der Waals surface area contributed by atoms with E-state index in [-0.39, 0.29) is 0 Å². The summed E-state index contributed by atoms with van der Waals surface area (Å²) in [6.07, 6.45) is 2.65. The van der Waals surface area contributed by atoms with Gasteiger partial charge in [-0.3, -0.25) is 4.90 Å². The molecule has 3 nitrogen and oxygen atoms in total. The molecule has 0 aromatic heterocycles. The molecule has 1 saturated heterocycles. The van der Waals surface area contributed by atoms with E-state index in [0.29, 0.717) is 6.10 Å². The van der Waals surface area contributed by atoms with Crippen LogP contribution in [0.15, 0.2) is 24.3 Å². The summed E-state index contributed by atoms with van der Waals surface area (Å²) in [5, 5.41) is 3.37. The Kier molecular flexibility index (Phi) is 6.51. The van der Waals surface area contributed by atoms with Crippen LogP contribution in [0.4, 0.5) is 0 Å². The zero-order valence-corrected chi connectivity index (χ0v) is 12.9. The second kappa shape index (κ2) is 8.40. The normalized spacial score (nSPS) is 20.2. The van der Waals surface area contributed by atoms with E-state index in [0.717, 1.165) is 52.2 Å². The summed E-state index contributed by atoms with van der Waals surface area (Å²) in [6, 6.07) is 9.09. The zero-order valence-electron chi connectivity index (χ0n) is 12.9. The molecule has 1 aromatic carbocycles. The quantitative estimate of drug-likeness (QED) is 0.774. The molecule has 0 saturated carbocycles. The van der Waals surface area contributed by atoms with E-state index in [4.69, 9.17) is 4.74 Å². The lowest BCUT2D eigenvalue weighted by Gasteiger charge is -2.32. The number of likely N-dealkylation sites (N-methyl/N-ethyl adjacent to an activating group) is 1. The van der Waals surface area contributed by atoms with Crippen LogP contribution in [0.5, 0.6) is 0 Å². The molecular weight excluding hydrogens is 248 g/mol. The Morgan fingerprint density at radius 2 is 1.95 bits per heavy atom. The highest BCUT2D eigenvalue weighted by molar-refractivity contribution is 5.22. The smallest absolute Gasteiger partial charge is 0.0700 e. The van der Waals surface area contributed by atoms with E-state index < -0.39 is 0 Å².